The maximum absolute atomic E-state index is 11.4. The van der Waals surface area contributed by atoms with Crippen LogP contribution in [0.2, 0.25) is 5.02 Å². The van der Waals surface area contributed by atoms with Gasteiger partial charge in [0.25, 0.3) is 0 Å². The van der Waals surface area contributed by atoms with Crippen LogP contribution < -0.4 is 9.62 Å². The molecule has 0 aromatic heterocycles. The van der Waals surface area contributed by atoms with Crippen LogP contribution in [0.3, 0.4) is 0 Å². The molecule has 10 heteroatoms. The third-order valence-corrected chi connectivity index (χ3v) is 3.76. The lowest BCUT2D eigenvalue weighted by molar-refractivity contribution is 0.201. The zero-order valence-electron chi connectivity index (χ0n) is 12.0. The van der Waals surface area contributed by atoms with Gasteiger partial charge in [-0.2, -0.15) is 13.1 Å². The van der Waals surface area contributed by atoms with Crippen molar-refractivity contribution in [3.8, 4) is 12.0 Å². The van der Waals surface area contributed by atoms with Crippen LogP contribution in [0.15, 0.2) is 24.3 Å². The van der Waals surface area contributed by atoms with Gasteiger partial charge in [0.2, 0.25) is 0 Å². The van der Waals surface area contributed by atoms with E-state index in [1.54, 1.807) is 12.1 Å². The Hall–Kier alpha value is -1.66. The van der Waals surface area contributed by atoms with Gasteiger partial charge in [0.1, 0.15) is 12.1 Å². The average Bonchev–Trinajstić information content (AvgIpc) is 2.45. The van der Waals surface area contributed by atoms with Gasteiger partial charge in [-0.3, -0.25) is 4.90 Å². The van der Waals surface area contributed by atoms with Gasteiger partial charge in [0, 0.05) is 23.1 Å². The highest BCUT2D eigenvalue weighted by atomic mass is 35.5. The fourth-order valence-electron chi connectivity index (χ4n) is 1.55. The van der Waals surface area contributed by atoms with E-state index in [4.69, 9.17) is 23.2 Å². The van der Waals surface area contributed by atoms with Gasteiger partial charge in [-0.15, -0.1) is 11.6 Å². The molecule has 0 radical (unpaired) electrons. The van der Waals surface area contributed by atoms with E-state index in [-0.39, 0.29) is 12.4 Å². The number of anilines is 1. The van der Waals surface area contributed by atoms with Crippen molar-refractivity contribution in [3.63, 3.8) is 0 Å². The summed E-state index contributed by atoms with van der Waals surface area (Å²) in [5.41, 5.74) is 0.301. The van der Waals surface area contributed by atoms with Crippen LogP contribution in [0.25, 0.3) is 0 Å². The highest BCUT2D eigenvalue weighted by molar-refractivity contribution is 7.84. The van der Waals surface area contributed by atoms with E-state index in [0.29, 0.717) is 10.7 Å². The number of benzene rings is 1. The number of hydrogen-bond acceptors (Lipinski definition) is 4. The van der Waals surface area contributed by atoms with E-state index >= 15 is 0 Å². The number of nitrogens with one attached hydrogen (secondary N) is 1. The lowest BCUT2D eigenvalue weighted by atomic mass is 10.2. The summed E-state index contributed by atoms with van der Waals surface area (Å²) in [6, 6.07) is 5.31. The molecule has 0 aliphatic rings. The molecule has 2 N–H and O–H groups in total. The summed E-state index contributed by atoms with van der Waals surface area (Å²) in [6.45, 7) is 1.47. The minimum absolute atomic E-state index is 0.00904. The first-order valence-electron chi connectivity index (χ1n) is 6.29. The molecule has 0 heterocycles. The second-order valence-corrected chi connectivity index (χ2v) is 6.35. The molecule has 7 nitrogen and oxygen atoms in total. The predicted octanol–water partition coefficient (Wildman–Crippen LogP) is 2.26. The summed E-state index contributed by atoms with van der Waals surface area (Å²) in [6.07, 6.45) is 0.706. The number of halogens is 2. The van der Waals surface area contributed by atoms with Gasteiger partial charge < -0.3 is 9.29 Å². The highest BCUT2D eigenvalue weighted by Gasteiger charge is 2.20. The molecule has 23 heavy (non-hydrogen) atoms. The monoisotopic (exact) mass is 380 g/mol. The van der Waals surface area contributed by atoms with Gasteiger partial charge in [-0.1, -0.05) is 17.7 Å². The Labute approximate surface area is 144 Å². The third-order valence-electron chi connectivity index (χ3n) is 2.47. The number of hydrogen-bond donors (Lipinski definition) is 2. The van der Waals surface area contributed by atoms with E-state index in [0.717, 1.165) is 4.90 Å². The second-order valence-electron chi connectivity index (χ2n) is 4.18. The molecule has 1 amide bonds. The van der Waals surface area contributed by atoms with Gasteiger partial charge in [0.15, 0.2) is 0 Å². The Bertz CT molecular complexity index is 715. The van der Waals surface area contributed by atoms with Crippen LogP contribution in [0.5, 0.6) is 0 Å². The normalized spacial score (nSPS) is 12.0. The lowest BCUT2D eigenvalue weighted by Gasteiger charge is -2.22. The Morgan fingerprint density at radius 1 is 1.52 bits per heavy atom. The maximum Gasteiger partial charge on any atom is 0.412 e. The first-order valence-corrected chi connectivity index (χ1v) is 8.61. The van der Waals surface area contributed by atoms with Crippen LogP contribution >= 0.6 is 23.2 Å². The molecule has 1 atom stereocenters. The van der Waals surface area contributed by atoms with Crippen LogP contribution in [-0.2, 0) is 14.5 Å². The summed E-state index contributed by atoms with van der Waals surface area (Å²) in [5.74, 6) is 2.47. The quantitative estimate of drug-likeness (QED) is 0.582. The van der Waals surface area contributed by atoms with Crippen molar-refractivity contribution in [2.24, 2.45) is 0 Å². The molecule has 1 aromatic carbocycles. The smallest absolute Gasteiger partial charge is 0.412 e. The van der Waals surface area contributed by atoms with Crippen molar-refractivity contribution in [2.45, 2.75) is 13.0 Å². The Kier molecular flexibility index (Phi) is 7.45. The molecule has 0 spiro atoms. The minimum Gasteiger partial charge on any atom is -0.465 e. The SMILES string of the molecule is CC(C#COS(=O)(=O)NCCCl)N(C(=O)O)c1cccc(Cl)c1. The molecule has 126 valence electrons. The van der Waals surface area contributed by atoms with Crippen molar-refractivity contribution in [1.29, 1.82) is 0 Å². The molecule has 0 aliphatic heterocycles. The van der Waals surface area contributed by atoms with Crippen molar-refractivity contribution >= 4 is 45.3 Å². The molecule has 0 aliphatic carbocycles. The number of carboxylic acid groups (broad SMARTS) is 1. The average molecular weight is 381 g/mol. The van der Waals surface area contributed by atoms with Gasteiger partial charge >= 0.3 is 16.4 Å². The van der Waals surface area contributed by atoms with Crippen LogP contribution in [0.1, 0.15) is 6.92 Å². The Balaban J connectivity index is 2.87. The van der Waals surface area contributed by atoms with Crippen LogP contribution in [-0.4, -0.2) is 38.1 Å². The molecule has 0 fully saturated rings. The third kappa shape index (κ3) is 6.54. The fourth-order valence-corrected chi connectivity index (χ4v) is 2.51. The largest absolute Gasteiger partial charge is 0.465 e. The standard InChI is InChI=1S/C13H14Cl2N2O5S/c1-10(5-8-22-23(20,21)16-7-6-14)17(13(18)19)12-4-2-3-11(15)9-12/h2-4,9-10,16H,6-7H2,1H3,(H,18,19). The van der Waals surface area contributed by atoms with Crippen LogP contribution in [0.4, 0.5) is 10.5 Å². The first-order chi connectivity index (χ1) is 10.8. The predicted molar refractivity (Wildman–Crippen MR) is 87.9 cm³/mol. The van der Waals surface area contributed by atoms with E-state index in [1.165, 1.54) is 19.1 Å². The number of alkyl halides is 1. The van der Waals surface area contributed by atoms with Crippen molar-refractivity contribution < 1.29 is 22.5 Å². The Morgan fingerprint density at radius 3 is 2.78 bits per heavy atom. The zero-order chi connectivity index (χ0) is 17.5. The van der Waals surface area contributed by atoms with E-state index in [9.17, 15) is 18.3 Å². The summed E-state index contributed by atoms with van der Waals surface area (Å²) in [4.78, 5) is 12.3. The van der Waals surface area contributed by atoms with Crippen molar-refractivity contribution in [3.05, 3.63) is 29.3 Å². The first kappa shape index (κ1) is 19.4. The Morgan fingerprint density at radius 2 is 2.22 bits per heavy atom. The number of carbonyl (C=O) groups is 1. The molecule has 0 bridgehead atoms. The molecular weight excluding hydrogens is 367 g/mol. The van der Waals surface area contributed by atoms with Gasteiger partial charge in [-0.25, -0.2) is 4.79 Å². The van der Waals surface area contributed by atoms with Crippen LogP contribution in [0, 0.1) is 12.0 Å². The van der Waals surface area contributed by atoms with Gasteiger partial charge in [0.05, 0.1) is 0 Å². The zero-order valence-corrected chi connectivity index (χ0v) is 14.3. The molecule has 1 rings (SSSR count). The highest BCUT2D eigenvalue weighted by Crippen LogP contribution is 2.21. The van der Waals surface area contributed by atoms with Gasteiger partial charge in [-0.05, 0) is 31.0 Å². The number of rotatable bonds is 6. The second kappa shape index (κ2) is 8.84. The van der Waals surface area contributed by atoms with Crippen molar-refractivity contribution in [1.82, 2.24) is 4.72 Å². The summed E-state index contributed by atoms with van der Waals surface area (Å²) >= 11 is 11.2. The lowest BCUT2D eigenvalue weighted by Crippen LogP contribution is -2.37. The molecule has 1 aromatic rings. The minimum atomic E-state index is -4.05. The summed E-state index contributed by atoms with van der Waals surface area (Å²) < 4.78 is 29.1. The van der Waals surface area contributed by atoms with E-state index in [1.807, 2.05) is 10.8 Å². The van der Waals surface area contributed by atoms with E-state index in [2.05, 4.69) is 10.1 Å². The van der Waals surface area contributed by atoms with Crippen molar-refractivity contribution in [2.75, 3.05) is 17.3 Å². The maximum atomic E-state index is 11.4. The fraction of sp³-hybridized carbons (Fsp3) is 0.308. The summed E-state index contributed by atoms with van der Waals surface area (Å²) in [7, 11) is -4.05. The molecular formula is C13H14Cl2N2O5S. The topological polar surface area (TPSA) is 95.9 Å². The molecule has 0 saturated heterocycles. The molecule has 1 unspecified atom stereocenters. The summed E-state index contributed by atoms with van der Waals surface area (Å²) in [5, 5.41) is 9.65. The van der Waals surface area contributed by atoms with E-state index < -0.39 is 22.4 Å². The number of nitrogens with zero attached hydrogens (tertiary/aromatic N) is 1. The molecule has 0 saturated carbocycles. The number of amides is 1.